The van der Waals surface area contributed by atoms with Gasteiger partial charge in [0.05, 0.1) is 11.0 Å². The summed E-state index contributed by atoms with van der Waals surface area (Å²) in [5.74, 6) is -1.19. The maximum absolute atomic E-state index is 12.5. The van der Waals surface area contributed by atoms with Crippen LogP contribution in [0.2, 0.25) is 0 Å². The molecule has 0 saturated carbocycles. The SMILES string of the molecule is CC1CC(NC(=O)C(=O)NCc2ccc(-n3cnc4ccccc43)cc2)CN1Cc1ccccc1. The number of aromatic nitrogens is 2. The summed E-state index contributed by atoms with van der Waals surface area (Å²) in [6.07, 6.45) is 2.63. The lowest BCUT2D eigenvalue weighted by molar-refractivity contribution is -0.139. The topological polar surface area (TPSA) is 79.3 Å². The minimum absolute atomic E-state index is 0.0313. The lowest BCUT2D eigenvalue weighted by Gasteiger charge is -2.20. The lowest BCUT2D eigenvalue weighted by atomic mass is 10.2. The molecular formula is C28H29N5O2. The van der Waals surface area contributed by atoms with E-state index in [9.17, 15) is 9.59 Å². The van der Waals surface area contributed by atoms with E-state index in [4.69, 9.17) is 0 Å². The van der Waals surface area contributed by atoms with Gasteiger partial charge in [-0.25, -0.2) is 4.98 Å². The number of hydrogen-bond acceptors (Lipinski definition) is 4. The first-order valence-corrected chi connectivity index (χ1v) is 11.9. The summed E-state index contributed by atoms with van der Waals surface area (Å²) in [6, 6.07) is 26.4. The molecular weight excluding hydrogens is 438 g/mol. The zero-order valence-corrected chi connectivity index (χ0v) is 19.7. The molecule has 1 aliphatic heterocycles. The highest BCUT2D eigenvalue weighted by molar-refractivity contribution is 6.35. The van der Waals surface area contributed by atoms with Crippen molar-refractivity contribution in [3.05, 3.63) is 96.3 Å². The third kappa shape index (κ3) is 5.25. The molecule has 1 fully saturated rings. The van der Waals surface area contributed by atoms with E-state index in [1.165, 1.54) is 5.56 Å². The van der Waals surface area contributed by atoms with E-state index in [0.717, 1.165) is 41.8 Å². The monoisotopic (exact) mass is 467 g/mol. The Bertz CT molecular complexity index is 1320. The molecule has 7 heteroatoms. The Balaban J connectivity index is 1.12. The smallest absolute Gasteiger partial charge is 0.309 e. The second kappa shape index (κ2) is 10.1. The normalized spacial score (nSPS) is 18.0. The molecule has 2 atom stereocenters. The minimum atomic E-state index is -0.608. The minimum Gasteiger partial charge on any atom is -0.344 e. The lowest BCUT2D eigenvalue weighted by Crippen LogP contribution is -2.45. The molecule has 4 aromatic rings. The molecule has 178 valence electrons. The van der Waals surface area contributed by atoms with Crippen LogP contribution in [0.3, 0.4) is 0 Å². The first-order valence-electron chi connectivity index (χ1n) is 11.9. The van der Waals surface area contributed by atoms with Crippen LogP contribution in [0.1, 0.15) is 24.5 Å². The van der Waals surface area contributed by atoms with Crippen molar-refractivity contribution in [2.45, 2.75) is 38.5 Å². The molecule has 7 nitrogen and oxygen atoms in total. The summed E-state index contributed by atoms with van der Waals surface area (Å²) in [5.41, 5.74) is 5.13. The zero-order valence-electron chi connectivity index (χ0n) is 19.7. The third-order valence-corrected chi connectivity index (χ3v) is 6.59. The van der Waals surface area contributed by atoms with Crippen molar-refractivity contribution in [1.29, 1.82) is 0 Å². The highest BCUT2D eigenvalue weighted by Crippen LogP contribution is 2.20. The average Bonchev–Trinajstić information content (AvgIpc) is 3.46. The highest BCUT2D eigenvalue weighted by Gasteiger charge is 2.31. The van der Waals surface area contributed by atoms with Gasteiger partial charge in [0, 0.05) is 37.4 Å². The van der Waals surface area contributed by atoms with Gasteiger partial charge >= 0.3 is 11.8 Å². The predicted octanol–water partition coefficient (Wildman–Crippen LogP) is 3.42. The van der Waals surface area contributed by atoms with E-state index in [2.05, 4.69) is 39.6 Å². The van der Waals surface area contributed by atoms with E-state index in [0.29, 0.717) is 12.6 Å². The third-order valence-electron chi connectivity index (χ3n) is 6.59. The van der Waals surface area contributed by atoms with Crippen molar-refractivity contribution >= 4 is 22.8 Å². The first-order chi connectivity index (χ1) is 17.1. The van der Waals surface area contributed by atoms with Crippen LogP contribution in [-0.2, 0) is 22.7 Å². The van der Waals surface area contributed by atoms with Gasteiger partial charge in [0.2, 0.25) is 0 Å². The molecule has 5 rings (SSSR count). The number of amides is 2. The van der Waals surface area contributed by atoms with Crippen molar-refractivity contribution in [3.63, 3.8) is 0 Å². The number of fused-ring (bicyclic) bond motifs is 1. The van der Waals surface area contributed by atoms with Gasteiger partial charge in [-0.15, -0.1) is 0 Å². The van der Waals surface area contributed by atoms with E-state index in [1.807, 2.05) is 71.3 Å². The van der Waals surface area contributed by atoms with Gasteiger partial charge in [0.25, 0.3) is 0 Å². The van der Waals surface area contributed by atoms with Crippen LogP contribution in [-0.4, -0.2) is 44.9 Å². The number of carbonyl (C=O) groups excluding carboxylic acids is 2. The number of nitrogens with zero attached hydrogens (tertiary/aromatic N) is 3. The Kier molecular flexibility index (Phi) is 6.59. The van der Waals surface area contributed by atoms with Crippen LogP contribution in [0.25, 0.3) is 16.7 Å². The number of carbonyl (C=O) groups is 2. The molecule has 35 heavy (non-hydrogen) atoms. The maximum atomic E-state index is 12.5. The van der Waals surface area contributed by atoms with E-state index < -0.39 is 11.8 Å². The summed E-state index contributed by atoms with van der Waals surface area (Å²) >= 11 is 0. The van der Waals surface area contributed by atoms with Crippen LogP contribution >= 0.6 is 0 Å². The number of nitrogens with one attached hydrogen (secondary N) is 2. The zero-order chi connectivity index (χ0) is 24.2. The molecule has 3 aromatic carbocycles. The highest BCUT2D eigenvalue weighted by atomic mass is 16.2. The van der Waals surface area contributed by atoms with Gasteiger partial charge in [-0.05, 0) is 48.7 Å². The molecule has 2 N–H and O–H groups in total. The number of hydrogen-bond donors (Lipinski definition) is 2. The van der Waals surface area contributed by atoms with Crippen LogP contribution in [0, 0.1) is 0 Å². The molecule has 0 radical (unpaired) electrons. The fourth-order valence-electron chi connectivity index (χ4n) is 4.69. The first kappa shape index (κ1) is 22.8. The van der Waals surface area contributed by atoms with Crippen LogP contribution in [0.4, 0.5) is 0 Å². The second-order valence-electron chi connectivity index (χ2n) is 9.12. The quantitative estimate of drug-likeness (QED) is 0.426. The molecule has 1 saturated heterocycles. The second-order valence-corrected chi connectivity index (χ2v) is 9.12. The van der Waals surface area contributed by atoms with Gasteiger partial charge < -0.3 is 10.6 Å². The molecule has 0 aliphatic carbocycles. The molecule has 0 spiro atoms. The standard InChI is InChI=1S/C28H29N5O2/c1-20-15-23(18-32(20)17-22-7-3-2-4-8-22)31-28(35)27(34)29-16-21-11-13-24(14-12-21)33-19-30-25-9-5-6-10-26(25)33/h2-14,19-20,23H,15-18H2,1H3,(H,29,34)(H,31,35). The van der Waals surface area contributed by atoms with Gasteiger partial charge in [0.15, 0.2) is 0 Å². The van der Waals surface area contributed by atoms with Crippen LogP contribution < -0.4 is 10.6 Å². The summed E-state index contributed by atoms with van der Waals surface area (Å²) in [6.45, 7) is 4.02. The van der Waals surface area contributed by atoms with Crippen LogP contribution in [0.15, 0.2) is 85.2 Å². The predicted molar refractivity (Wildman–Crippen MR) is 136 cm³/mol. The Morgan fingerprint density at radius 2 is 1.66 bits per heavy atom. The molecule has 1 aliphatic rings. The number of imidazole rings is 1. The van der Waals surface area contributed by atoms with Crippen molar-refractivity contribution in [2.75, 3.05) is 6.54 Å². The Hall–Kier alpha value is -3.97. The van der Waals surface area contributed by atoms with Crippen molar-refractivity contribution in [2.24, 2.45) is 0 Å². The number of benzene rings is 3. The van der Waals surface area contributed by atoms with E-state index in [1.54, 1.807) is 6.33 Å². The van der Waals surface area contributed by atoms with Crippen molar-refractivity contribution in [3.8, 4) is 5.69 Å². The number of rotatable bonds is 6. The molecule has 0 bridgehead atoms. The number of likely N-dealkylation sites (tertiary alicyclic amines) is 1. The van der Waals surface area contributed by atoms with Crippen molar-refractivity contribution < 1.29 is 9.59 Å². The summed E-state index contributed by atoms with van der Waals surface area (Å²) in [5, 5.41) is 5.64. The van der Waals surface area contributed by atoms with Crippen molar-refractivity contribution in [1.82, 2.24) is 25.1 Å². The van der Waals surface area contributed by atoms with Crippen LogP contribution in [0.5, 0.6) is 0 Å². The fourth-order valence-corrected chi connectivity index (χ4v) is 4.69. The average molecular weight is 468 g/mol. The van der Waals surface area contributed by atoms with E-state index >= 15 is 0 Å². The van der Waals surface area contributed by atoms with Gasteiger partial charge in [0.1, 0.15) is 6.33 Å². The fraction of sp³-hybridized carbons (Fsp3) is 0.250. The Labute approximate surface area is 204 Å². The Morgan fingerprint density at radius 1 is 0.914 bits per heavy atom. The largest absolute Gasteiger partial charge is 0.344 e. The molecule has 1 aromatic heterocycles. The Morgan fingerprint density at radius 3 is 2.46 bits per heavy atom. The van der Waals surface area contributed by atoms with E-state index in [-0.39, 0.29) is 6.04 Å². The van der Waals surface area contributed by atoms with Gasteiger partial charge in [-0.3, -0.25) is 19.1 Å². The van der Waals surface area contributed by atoms with Gasteiger partial charge in [-0.2, -0.15) is 0 Å². The molecule has 2 amide bonds. The summed E-state index contributed by atoms with van der Waals surface area (Å²) < 4.78 is 2.02. The molecule has 2 unspecified atom stereocenters. The maximum Gasteiger partial charge on any atom is 0.309 e. The van der Waals surface area contributed by atoms with Gasteiger partial charge in [-0.1, -0.05) is 54.6 Å². The molecule has 2 heterocycles. The number of para-hydroxylation sites is 2. The summed E-state index contributed by atoms with van der Waals surface area (Å²) in [4.78, 5) is 31.6. The summed E-state index contributed by atoms with van der Waals surface area (Å²) in [7, 11) is 0.